The van der Waals surface area contributed by atoms with Crippen molar-refractivity contribution >= 4 is 5.78 Å². The van der Waals surface area contributed by atoms with E-state index in [2.05, 4.69) is 5.10 Å². The Morgan fingerprint density at radius 3 is 2.69 bits per heavy atom. The van der Waals surface area contributed by atoms with E-state index in [0.717, 1.165) is 23.2 Å². The van der Waals surface area contributed by atoms with Crippen LogP contribution in [0.2, 0.25) is 0 Å². The van der Waals surface area contributed by atoms with E-state index in [0.29, 0.717) is 37.0 Å². The molecule has 1 aromatic heterocycles. The van der Waals surface area contributed by atoms with Crippen LogP contribution in [0.4, 0.5) is 0 Å². The highest BCUT2D eigenvalue weighted by molar-refractivity contribution is 5.93. The first-order valence-corrected chi connectivity index (χ1v) is 9.69. The number of methoxy groups -OCH3 is 1. The van der Waals surface area contributed by atoms with Crippen LogP contribution in [0.1, 0.15) is 29.4 Å². The summed E-state index contributed by atoms with van der Waals surface area (Å²) in [5.41, 5.74) is 3.32. The molecule has 29 heavy (non-hydrogen) atoms. The van der Waals surface area contributed by atoms with Gasteiger partial charge in [0.15, 0.2) is 17.3 Å². The zero-order chi connectivity index (χ0) is 20.2. The maximum Gasteiger partial charge on any atom is 0.180 e. The quantitative estimate of drug-likeness (QED) is 0.569. The first kappa shape index (κ1) is 19.2. The third kappa shape index (κ3) is 4.32. The third-order valence-electron chi connectivity index (χ3n) is 4.96. The largest absolute Gasteiger partial charge is 0.493 e. The number of ether oxygens (including phenoxy) is 3. The summed E-state index contributed by atoms with van der Waals surface area (Å²) < 4.78 is 18.9. The van der Waals surface area contributed by atoms with Crippen molar-refractivity contribution in [2.75, 3.05) is 20.3 Å². The molecule has 0 spiro atoms. The van der Waals surface area contributed by atoms with E-state index in [1.165, 1.54) is 6.92 Å². The monoisotopic (exact) mass is 392 g/mol. The molecule has 0 unspecified atom stereocenters. The molecule has 0 amide bonds. The lowest BCUT2D eigenvalue weighted by Gasteiger charge is -2.16. The van der Waals surface area contributed by atoms with Crippen LogP contribution in [0.5, 0.6) is 11.5 Å². The van der Waals surface area contributed by atoms with Crippen LogP contribution < -0.4 is 9.47 Å². The molecule has 0 N–H and O–H groups in total. The fourth-order valence-corrected chi connectivity index (χ4v) is 3.41. The molecule has 150 valence electrons. The maximum atomic E-state index is 12.0. The Labute approximate surface area is 170 Å². The second-order valence-electron chi connectivity index (χ2n) is 7.08. The van der Waals surface area contributed by atoms with Crippen LogP contribution in [0, 0.1) is 0 Å². The van der Waals surface area contributed by atoms with Crippen LogP contribution in [0.25, 0.3) is 11.3 Å². The first-order valence-electron chi connectivity index (χ1n) is 9.69. The molecule has 1 aliphatic rings. The van der Waals surface area contributed by atoms with Crippen molar-refractivity contribution in [1.82, 2.24) is 9.78 Å². The predicted molar refractivity (Wildman–Crippen MR) is 110 cm³/mol. The first-order chi connectivity index (χ1) is 14.1. The molecule has 0 radical (unpaired) electrons. The number of rotatable bonds is 7. The second kappa shape index (κ2) is 8.49. The Morgan fingerprint density at radius 2 is 2.00 bits per heavy atom. The van der Waals surface area contributed by atoms with Gasteiger partial charge in [0.1, 0.15) is 11.8 Å². The summed E-state index contributed by atoms with van der Waals surface area (Å²) >= 11 is 0. The number of aromatic nitrogens is 2. The summed E-state index contributed by atoms with van der Waals surface area (Å²) in [5.74, 6) is 1.27. The molecule has 6 nitrogen and oxygen atoms in total. The Bertz CT molecular complexity index is 991. The summed E-state index contributed by atoms with van der Waals surface area (Å²) in [4.78, 5) is 12.0. The van der Waals surface area contributed by atoms with Gasteiger partial charge in [-0.25, -0.2) is 0 Å². The maximum absolute atomic E-state index is 12.0. The Kier molecular flexibility index (Phi) is 5.62. The van der Waals surface area contributed by atoms with Gasteiger partial charge in [-0.2, -0.15) is 5.10 Å². The van der Waals surface area contributed by atoms with Gasteiger partial charge in [-0.1, -0.05) is 30.3 Å². The zero-order valence-corrected chi connectivity index (χ0v) is 16.6. The van der Waals surface area contributed by atoms with Crippen LogP contribution in [-0.4, -0.2) is 42.0 Å². The topological polar surface area (TPSA) is 62.6 Å². The summed E-state index contributed by atoms with van der Waals surface area (Å²) in [5, 5.41) is 4.53. The second-order valence-corrected chi connectivity index (χ2v) is 7.08. The SMILES string of the molecule is COc1ccc(-c2cc(C(C)=O)nn2Cc2ccccc2)cc1O[C@@H]1CCOC1. The minimum atomic E-state index is -0.0637. The van der Waals surface area contributed by atoms with Gasteiger partial charge in [-0.15, -0.1) is 0 Å². The number of ketones is 1. The molecule has 3 aromatic rings. The van der Waals surface area contributed by atoms with Gasteiger partial charge in [-0.05, 0) is 29.8 Å². The normalized spacial score (nSPS) is 16.0. The fourth-order valence-electron chi connectivity index (χ4n) is 3.41. The van der Waals surface area contributed by atoms with Crippen molar-refractivity contribution in [3.05, 3.63) is 65.9 Å². The van der Waals surface area contributed by atoms with E-state index in [1.807, 2.05) is 59.3 Å². The van der Waals surface area contributed by atoms with Gasteiger partial charge >= 0.3 is 0 Å². The Hall–Kier alpha value is -3.12. The average molecular weight is 392 g/mol. The van der Waals surface area contributed by atoms with Crippen LogP contribution >= 0.6 is 0 Å². The smallest absolute Gasteiger partial charge is 0.180 e. The van der Waals surface area contributed by atoms with Crippen molar-refractivity contribution in [3.63, 3.8) is 0 Å². The molecule has 0 bridgehead atoms. The Morgan fingerprint density at radius 1 is 1.17 bits per heavy atom. The van der Waals surface area contributed by atoms with E-state index in [4.69, 9.17) is 14.2 Å². The van der Waals surface area contributed by atoms with Crippen molar-refractivity contribution in [2.24, 2.45) is 0 Å². The van der Waals surface area contributed by atoms with Crippen molar-refractivity contribution in [1.29, 1.82) is 0 Å². The highest BCUT2D eigenvalue weighted by Gasteiger charge is 2.21. The molecule has 4 rings (SSSR count). The number of carbonyl (C=O) groups is 1. The molecule has 6 heteroatoms. The molecule has 2 heterocycles. The summed E-state index contributed by atoms with van der Waals surface area (Å²) in [6.45, 7) is 3.38. The molecule has 1 atom stereocenters. The number of nitrogens with zero attached hydrogens (tertiary/aromatic N) is 2. The molecular formula is C23H24N2O4. The lowest BCUT2D eigenvalue weighted by molar-refractivity contribution is 0.101. The standard InChI is InChI=1S/C23H24N2O4/c1-16(26)20-13-21(25(24-20)14-17-6-4-3-5-7-17)18-8-9-22(27-2)23(12-18)29-19-10-11-28-15-19/h3-9,12-13,19H,10-11,14-15H2,1-2H3/t19-/m1/s1. The molecule has 1 saturated heterocycles. The van der Waals surface area contributed by atoms with Gasteiger partial charge in [0, 0.05) is 18.9 Å². The van der Waals surface area contributed by atoms with E-state index in [-0.39, 0.29) is 11.9 Å². The Balaban J connectivity index is 1.71. The number of hydrogen-bond donors (Lipinski definition) is 0. The van der Waals surface area contributed by atoms with Gasteiger partial charge in [0.05, 0.1) is 32.6 Å². The highest BCUT2D eigenvalue weighted by atomic mass is 16.6. The van der Waals surface area contributed by atoms with E-state index < -0.39 is 0 Å². The number of hydrogen-bond acceptors (Lipinski definition) is 5. The van der Waals surface area contributed by atoms with Gasteiger partial charge in [0.25, 0.3) is 0 Å². The minimum Gasteiger partial charge on any atom is -0.493 e. The summed E-state index contributed by atoms with van der Waals surface area (Å²) in [7, 11) is 1.63. The van der Waals surface area contributed by atoms with Gasteiger partial charge < -0.3 is 14.2 Å². The van der Waals surface area contributed by atoms with E-state index in [9.17, 15) is 4.79 Å². The zero-order valence-electron chi connectivity index (χ0n) is 16.6. The molecule has 1 fully saturated rings. The molecular weight excluding hydrogens is 368 g/mol. The molecule has 0 aliphatic carbocycles. The predicted octanol–water partition coefficient (Wildman–Crippen LogP) is 3.98. The van der Waals surface area contributed by atoms with Gasteiger partial charge in [0.2, 0.25) is 0 Å². The van der Waals surface area contributed by atoms with Crippen molar-refractivity contribution in [3.8, 4) is 22.8 Å². The van der Waals surface area contributed by atoms with E-state index in [1.54, 1.807) is 7.11 Å². The van der Waals surface area contributed by atoms with Crippen LogP contribution in [0.15, 0.2) is 54.6 Å². The van der Waals surface area contributed by atoms with Crippen LogP contribution in [0.3, 0.4) is 0 Å². The van der Waals surface area contributed by atoms with Crippen LogP contribution in [-0.2, 0) is 11.3 Å². The third-order valence-corrected chi connectivity index (χ3v) is 4.96. The minimum absolute atomic E-state index is 0.0150. The van der Waals surface area contributed by atoms with E-state index >= 15 is 0 Å². The van der Waals surface area contributed by atoms with Crippen molar-refractivity contribution in [2.45, 2.75) is 26.0 Å². The van der Waals surface area contributed by atoms with Crippen molar-refractivity contribution < 1.29 is 19.0 Å². The molecule has 2 aromatic carbocycles. The molecule has 1 aliphatic heterocycles. The number of benzene rings is 2. The summed E-state index contributed by atoms with van der Waals surface area (Å²) in [6, 6.07) is 17.7. The number of Topliss-reactive ketones (excluding diaryl/α,β-unsaturated/α-hetero) is 1. The average Bonchev–Trinajstić information content (AvgIpc) is 3.39. The van der Waals surface area contributed by atoms with Gasteiger partial charge in [-0.3, -0.25) is 9.48 Å². The highest BCUT2D eigenvalue weighted by Crippen LogP contribution is 2.34. The lowest BCUT2D eigenvalue weighted by Crippen LogP contribution is -2.16. The fraction of sp³-hybridized carbons (Fsp3) is 0.304. The molecule has 0 saturated carbocycles. The summed E-state index contributed by atoms with van der Waals surface area (Å²) in [6.07, 6.45) is 0.870. The number of carbonyl (C=O) groups excluding carboxylic acids is 1. The lowest BCUT2D eigenvalue weighted by atomic mass is 10.1.